The Morgan fingerprint density at radius 1 is 1.21 bits per heavy atom. The van der Waals surface area contributed by atoms with E-state index in [-0.39, 0.29) is 5.41 Å². The van der Waals surface area contributed by atoms with E-state index < -0.39 is 10.0 Å². The topological polar surface area (TPSA) is 40.6 Å². The minimum atomic E-state index is -3.28. The van der Waals surface area contributed by atoms with Crippen molar-refractivity contribution >= 4 is 15.7 Å². The van der Waals surface area contributed by atoms with Crippen LogP contribution in [0.25, 0.3) is 0 Å². The Balaban J connectivity index is 2.07. The average Bonchev–Trinajstić information content (AvgIpc) is 2.69. The Kier molecular flexibility index (Phi) is 2.83. The van der Waals surface area contributed by atoms with Gasteiger partial charge in [-0.25, -0.2) is 8.42 Å². The summed E-state index contributed by atoms with van der Waals surface area (Å²) in [6.45, 7) is 1.18. The Morgan fingerprint density at radius 2 is 1.84 bits per heavy atom. The number of nitrogens with zero attached hydrogens (tertiary/aromatic N) is 2. The molecule has 1 fully saturated rings. The molecule has 0 saturated carbocycles. The van der Waals surface area contributed by atoms with Crippen LogP contribution < -0.4 is 4.31 Å². The SMILES string of the molecule is CS(=O)(=O)N1CC2(CCN(F)CC2)c2ccccc21. The number of sulfonamides is 1. The van der Waals surface area contributed by atoms with Crippen molar-refractivity contribution in [3.8, 4) is 0 Å². The smallest absolute Gasteiger partial charge is 0.232 e. The molecular formula is C13H17FN2O2S. The summed E-state index contributed by atoms with van der Waals surface area (Å²) >= 11 is 0. The van der Waals surface area contributed by atoms with Crippen LogP contribution in [0.4, 0.5) is 10.2 Å². The minimum Gasteiger partial charge on any atom is -0.269 e. The van der Waals surface area contributed by atoms with Gasteiger partial charge in [0.2, 0.25) is 10.0 Å². The molecule has 0 amide bonds. The number of para-hydroxylation sites is 1. The van der Waals surface area contributed by atoms with Crippen molar-refractivity contribution in [3.05, 3.63) is 29.8 Å². The molecule has 6 heteroatoms. The molecule has 0 unspecified atom stereocenters. The molecule has 1 aromatic rings. The van der Waals surface area contributed by atoms with E-state index in [0.29, 0.717) is 32.5 Å². The van der Waals surface area contributed by atoms with Crippen LogP contribution in [0.1, 0.15) is 18.4 Å². The highest BCUT2D eigenvalue weighted by Crippen LogP contribution is 2.47. The van der Waals surface area contributed by atoms with Crippen LogP contribution in [-0.4, -0.2) is 39.4 Å². The van der Waals surface area contributed by atoms with E-state index in [9.17, 15) is 12.9 Å². The maximum Gasteiger partial charge on any atom is 0.232 e. The molecular weight excluding hydrogens is 267 g/mol. The van der Waals surface area contributed by atoms with Gasteiger partial charge >= 0.3 is 0 Å². The predicted molar refractivity (Wildman–Crippen MR) is 72.2 cm³/mol. The second kappa shape index (κ2) is 4.18. The second-order valence-electron chi connectivity index (χ2n) is 5.48. The molecule has 1 spiro atoms. The van der Waals surface area contributed by atoms with Gasteiger partial charge in [0.05, 0.1) is 11.9 Å². The van der Waals surface area contributed by atoms with Gasteiger partial charge in [-0.05, 0) is 24.5 Å². The lowest BCUT2D eigenvalue weighted by atomic mass is 9.75. The van der Waals surface area contributed by atoms with Gasteiger partial charge in [0.15, 0.2) is 0 Å². The number of rotatable bonds is 1. The molecule has 0 atom stereocenters. The number of piperidine rings is 1. The van der Waals surface area contributed by atoms with Gasteiger partial charge in [0.1, 0.15) is 0 Å². The van der Waals surface area contributed by atoms with Gasteiger partial charge < -0.3 is 0 Å². The highest BCUT2D eigenvalue weighted by Gasteiger charge is 2.46. The highest BCUT2D eigenvalue weighted by molar-refractivity contribution is 7.92. The third-order valence-electron chi connectivity index (χ3n) is 4.26. The number of hydrogen-bond acceptors (Lipinski definition) is 3. The zero-order valence-corrected chi connectivity index (χ0v) is 11.7. The van der Waals surface area contributed by atoms with Crippen molar-refractivity contribution < 1.29 is 12.9 Å². The van der Waals surface area contributed by atoms with Crippen LogP contribution in [0.2, 0.25) is 0 Å². The number of hydrogen-bond donors (Lipinski definition) is 0. The van der Waals surface area contributed by atoms with Crippen molar-refractivity contribution in [2.75, 3.05) is 30.2 Å². The highest BCUT2D eigenvalue weighted by atomic mass is 32.2. The molecule has 19 heavy (non-hydrogen) atoms. The van der Waals surface area contributed by atoms with Gasteiger partial charge in [-0.3, -0.25) is 4.31 Å². The largest absolute Gasteiger partial charge is 0.269 e. The summed E-state index contributed by atoms with van der Waals surface area (Å²) < 4.78 is 38.6. The zero-order valence-electron chi connectivity index (χ0n) is 10.8. The third-order valence-corrected chi connectivity index (χ3v) is 5.38. The standard InChI is InChI=1S/C13H17FN2O2S/c1-19(17,18)16-10-13(6-8-15(14)9-7-13)11-4-2-3-5-12(11)16/h2-5H,6-10H2,1H3. The van der Waals surface area contributed by atoms with Gasteiger partial charge in [-0.1, -0.05) is 18.2 Å². The Labute approximate surface area is 112 Å². The Hall–Kier alpha value is -1.14. The van der Waals surface area contributed by atoms with E-state index >= 15 is 0 Å². The summed E-state index contributed by atoms with van der Waals surface area (Å²) in [6, 6.07) is 7.59. The van der Waals surface area contributed by atoms with Crippen LogP contribution in [0.5, 0.6) is 0 Å². The van der Waals surface area contributed by atoms with Crippen LogP contribution in [0.15, 0.2) is 24.3 Å². The van der Waals surface area contributed by atoms with E-state index in [1.165, 1.54) is 10.6 Å². The predicted octanol–water partition coefficient (Wildman–Crippen LogP) is 1.68. The third kappa shape index (κ3) is 2.03. The van der Waals surface area contributed by atoms with E-state index in [1.54, 1.807) is 0 Å². The molecule has 2 aliphatic heterocycles. The summed E-state index contributed by atoms with van der Waals surface area (Å²) in [5, 5.41) is 0.816. The molecule has 1 saturated heterocycles. The summed E-state index contributed by atoms with van der Waals surface area (Å²) in [5.41, 5.74) is 1.59. The van der Waals surface area contributed by atoms with Crippen molar-refractivity contribution in [2.45, 2.75) is 18.3 Å². The van der Waals surface area contributed by atoms with Crippen molar-refractivity contribution in [3.63, 3.8) is 0 Å². The van der Waals surface area contributed by atoms with E-state index in [2.05, 4.69) is 0 Å². The molecule has 2 aliphatic rings. The monoisotopic (exact) mass is 284 g/mol. The van der Waals surface area contributed by atoms with Crippen LogP contribution in [-0.2, 0) is 15.4 Å². The lowest BCUT2D eigenvalue weighted by Crippen LogP contribution is -2.43. The van der Waals surface area contributed by atoms with Crippen LogP contribution in [0.3, 0.4) is 0 Å². The molecule has 0 bridgehead atoms. The molecule has 0 radical (unpaired) electrons. The summed E-state index contributed by atoms with van der Waals surface area (Å²) in [7, 11) is -3.28. The quantitative estimate of drug-likeness (QED) is 0.737. The first-order valence-electron chi connectivity index (χ1n) is 6.40. The van der Waals surface area contributed by atoms with E-state index in [4.69, 9.17) is 0 Å². The van der Waals surface area contributed by atoms with Gasteiger partial charge in [0, 0.05) is 25.0 Å². The first-order valence-corrected chi connectivity index (χ1v) is 8.25. The van der Waals surface area contributed by atoms with Crippen LogP contribution >= 0.6 is 0 Å². The summed E-state index contributed by atoms with van der Waals surface area (Å²) in [4.78, 5) is 0. The van der Waals surface area contributed by atoms with Crippen molar-refractivity contribution in [1.29, 1.82) is 0 Å². The number of halogens is 1. The van der Waals surface area contributed by atoms with Crippen molar-refractivity contribution in [1.82, 2.24) is 5.12 Å². The summed E-state index contributed by atoms with van der Waals surface area (Å²) in [5.74, 6) is 0. The fourth-order valence-electron chi connectivity index (χ4n) is 3.22. The first kappa shape index (κ1) is 12.9. The molecule has 104 valence electrons. The molecule has 0 aromatic heterocycles. The molecule has 1 aromatic carbocycles. The van der Waals surface area contributed by atoms with E-state index in [0.717, 1.165) is 16.4 Å². The number of benzene rings is 1. The second-order valence-corrected chi connectivity index (χ2v) is 7.38. The van der Waals surface area contributed by atoms with Gasteiger partial charge in [0.25, 0.3) is 0 Å². The molecule has 4 nitrogen and oxygen atoms in total. The molecule has 0 N–H and O–H groups in total. The summed E-state index contributed by atoms with van der Waals surface area (Å²) in [6.07, 6.45) is 2.55. The zero-order chi connectivity index (χ0) is 13.7. The first-order chi connectivity index (χ1) is 8.92. The lowest BCUT2D eigenvalue weighted by molar-refractivity contribution is -0.0138. The normalized spacial score (nSPS) is 22.7. The minimum absolute atomic E-state index is 0.220. The van der Waals surface area contributed by atoms with Gasteiger partial charge in [-0.2, -0.15) is 0 Å². The Morgan fingerprint density at radius 3 is 2.47 bits per heavy atom. The fraction of sp³-hybridized carbons (Fsp3) is 0.538. The molecule has 2 heterocycles. The fourth-order valence-corrected chi connectivity index (χ4v) is 4.21. The van der Waals surface area contributed by atoms with Crippen molar-refractivity contribution in [2.24, 2.45) is 0 Å². The molecule has 3 rings (SSSR count). The maximum absolute atomic E-state index is 13.2. The average molecular weight is 284 g/mol. The van der Waals surface area contributed by atoms with Gasteiger partial charge in [-0.15, -0.1) is 9.60 Å². The molecule has 0 aliphatic carbocycles. The maximum atomic E-state index is 13.2. The number of fused-ring (bicyclic) bond motifs is 2. The number of anilines is 1. The van der Waals surface area contributed by atoms with E-state index in [1.807, 2.05) is 24.3 Å². The Bertz CT molecular complexity index is 594. The lowest BCUT2D eigenvalue weighted by Gasteiger charge is -2.36. The van der Waals surface area contributed by atoms with Crippen LogP contribution in [0, 0.1) is 0 Å².